The first-order valence-electron chi connectivity index (χ1n) is 7.03. The van der Waals surface area contributed by atoms with Crippen molar-refractivity contribution in [3.05, 3.63) is 63.2 Å². The Labute approximate surface area is 152 Å². The monoisotopic (exact) mass is 402 g/mol. The first-order chi connectivity index (χ1) is 9.62. The van der Waals surface area contributed by atoms with Gasteiger partial charge in [0.25, 0.3) is 0 Å². The third-order valence-electron chi connectivity index (χ3n) is 3.06. The molecule has 2 aliphatic carbocycles. The van der Waals surface area contributed by atoms with Crippen molar-refractivity contribution in [3.8, 4) is 0 Å². The van der Waals surface area contributed by atoms with Gasteiger partial charge in [0.15, 0.2) is 0 Å². The van der Waals surface area contributed by atoms with Gasteiger partial charge >= 0.3 is 37.9 Å². The van der Waals surface area contributed by atoms with Gasteiger partial charge in [0.2, 0.25) is 0 Å². The molecule has 0 spiro atoms. The Morgan fingerprint density at radius 1 is 0.619 bits per heavy atom. The van der Waals surface area contributed by atoms with E-state index in [0.29, 0.717) is 10.8 Å². The molecule has 116 valence electrons. The molecule has 0 nitrogen and oxygen atoms in total. The molecule has 0 atom stereocenters. The molecule has 0 bridgehead atoms. The molecule has 0 heterocycles. The first-order valence-corrected chi connectivity index (χ1v) is 13.4. The molecule has 0 amide bonds. The summed E-state index contributed by atoms with van der Waals surface area (Å²) in [4.78, 5) is 0. The van der Waals surface area contributed by atoms with Crippen LogP contribution in [0.3, 0.4) is 0 Å². The fraction of sp³-hybridized carbons (Fsp3) is 0.444. The predicted octanol–water partition coefficient (Wildman–Crippen LogP) is 6.25. The average molecular weight is 405 g/mol. The van der Waals surface area contributed by atoms with Crippen LogP contribution in [0.5, 0.6) is 0 Å². The van der Waals surface area contributed by atoms with Crippen molar-refractivity contribution in [1.29, 1.82) is 0 Å². The number of rotatable bonds is 0. The summed E-state index contributed by atoms with van der Waals surface area (Å²) in [7, 11) is 9.87. The van der Waals surface area contributed by atoms with Gasteiger partial charge in [-0.2, -0.15) is 0 Å². The predicted molar refractivity (Wildman–Crippen MR) is 91.5 cm³/mol. The molecule has 0 aromatic rings. The van der Waals surface area contributed by atoms with Crippen LogP contribution < -0.4 is 0 Å². The molecule has 0 aliphatic heterocycles. The minimum atomic E-state index is -0.826. The Kier molecular flexibility index (Phi) is 11.9. The second kappa shape index (κ2) is 11.1. The van der Waals surface area contributed by atoms with Crippen molar-refractivity contribution in [2.24, 2.45) is 10.8 Å². The normalized spacial score (nSPS) is 20.4. The summed E-state index contributed by atoms with van der Waals surface area (Å²) in [5.74, 6) is 2.84. The fourth-order valence-corrected chi connectivity index (χ4v) is 1.75. The third-order valence-corrected chi connectivity index (χ3v) is 3.06. The maximum absolute atomic E-state index is 4.93. The Balaban J connectivity index is 0.000000322. The van der Waals surface area contributed by atoms with E-state index in [1.54, 1.807) is 0 Å². The molecule has 0 N–H and O–H groups in total. The van der Waals surface area contributed by atoms with E-state index in [-0.39, 0.29) is 0 Å². The molecule has 0 aromatic heterocycles. The molecule has 2 fully saturated rings. The summed E-state index contributed by atoms with van der Waals surface area (Å²) in [5.41, 5.74) is 0.646. The van der Waals surface area contributed by atoms with Gasteiger partial charge in [0.1, 0.15) is 0 Å². The van der Waals surface area contributed by atoms with E-state index in [9.17, 15) is 0 Å². The van der Waals surface area contributed by atoms with Crippen LogP contribution in [0.1, 0.15) is 41.5 Å². The van der Waals surface area contributed by atoms with Crippen LogP contribution >= 0.6 is 17.0 Å². The zero-order valence-electron chi connectivity index (χ0n) is 13.9. The molecule has 0 aromatic carbocycles. The summed E-state index contributed by atoms with van der Waals surface area (Å²) in [6, 6.07) is 0. The van der Waals surface area contributed by atoms with Gasteiger partial charge in [-0.05, 0) is 74.0 Å². The number of hydrogen-bond donors (Lipinski definition) is 0. The van der Waals surface area contributed by atoms with Crippen LogP contribution in [0.15, 0.2) is 0 Å². The molecule has 0 saturated heterocycles. The molecule has 21 heavy (non-hydrogen) atoms. The van der Waals surface area contributed by atoms with Crippen LogP contribution in [-0.4, -0.2) is 0 Å². The van der Waals surface area contributed by atoms with Crippen molar-refractivity contribution in [2.75, 3.05) is 0 Å². The van der Waals surface area contributed by atoms with Crippen molar-refractivity contribution in [1.82, 2.24) is 0 Å². The van der Waals surface area contributed by atoms with E-state index in [0.717, 1.165) is 0 Å². The zero-order valence-corrected chi connectivity index (χ0v) is 17.8. The molecule has 2 saturated carbocycles. The van der Waals surface area contributed by atoms with Gasteiger partial charge in [-0.1, -0.05) is 41.5 Å². The quantitative estimate of drug-likeness (QED) is 0.447. The Morgan fingerprint density at radius 3 is 0.905 bits per heavy atom. The Bertz CT molecular complexity index is 215. The van der Waals surface area contributed by atoms with Gasteiger partial charge in [-0.3, -0.25) is 0 Å². The van der Waals surface area contributed by atoms with Gasteiger partial charge in [-0.25, -0.2) is 0 Å². The number of hydrogen-bond acceptors (Lipinski definition) is 0. The molecular formula is C18H26Cl2Zr. The molecule has 3 heteroatoms. The van der Waals surface area contributed by atoms with Crippen LogP contribution in [0, 0.1) is 74.0 Å². The van der Waals surface area contributed by atoms with E-state index in [4.69, 9.17) is 17.0 Å². The molecule has 10 radical (unpaired) electrons. The van der Waals surface area contributed by atoms with E-state index >= 15 is 0 Å². The van der Waals surface area contributed by atoms with Crippen LogP contribution in [0.25, 0.3) is 0 Å². The maximum atomic E-state index is 4.93. The topological polar surface area (TPSA) is 0 Å². The van der Waals surface area contributed by atoms with E-state index in [2.05, 4.69) is 92.9 Å². The fourth-order valence-electron chi connectivity index (χ4n) is 1.75. The molecular weight excluding hydrogens is 378 g/mol. The molecule has 0 unspecified atom stereocenters. The van der Waals surface area contributed by atoms with Crippen molar-refractivity contribution in [3.63, 3.8) is 0 Å². The van der Waals surface area contributed by atoms with Gasteiger partial charge in [0, 0.05) is 0 Å². The van der Waals surface area contributed by atoms with Crippen molar-refractivity contribution < 1.29 is 20.8 Å². The minimum absolute atomic E-state index is 0.323. The second-order valence-corrected chi connectivity index (χ2v) is 10.7. The van der Waals surface area contributed by atoms with Crippen LogP contribution in [0.2, 0.25) is 0 Å². The van der Waals surface area contributed by atoms with E-state index in [1.807, 2.05) is 0 Å². The SMILES string of the molecule is CC(C)(C)[C]1[CH][CH][CH][CH]1.CC(C)(C)[C]1[CH][CH][CH][CH]1.[Cl][Zr][Cl]. The zero-order chi connectivity index (χ0) is 16.5. The third kappa shape index (κ3) is 10.8. The summed E-state index contributed by atoms with van der Waals surface area (Å²) in [6.07, 6.45) is 17.0. The standard InChI is InChI=1S/2C9H13.2ClH.Zr/c2*1-9(2,3)8-6-4-5-7-8;;;/h2*4-7H,1-3H3;2*1H;/q;;;;+2/p-2. The van der Waals surface area contributed by atoms with Crippen LogP contribution in [-0.2, 0) is 20.8 Å². The summed E-state index contributed by atoms with van der Waals surface area (Å²) in [5, 5.41) is 0. The first kappa shape index (κ1) is 22.5. The summed E-state index contributed by atoms with van der Waals surface area (Å²) in [6.45, 7) is 13.3. The average Bonchev–Trinajstić information content (AvgIpc) is 3.03. The van der Waals surface area contributed by atoms with Gasteiger partial charge in [0.05, 0.1) is 0 Å². The van der Waals surface area contributed by atoms with E-state index < -0.39 is 20.8 Å². The molecule has 2 rings (SSSR count). The van der Waals surface area contributed by atoms with Gasteiger partial charge in [-0.15, -0.1) is 0 Å². The van der Waals surface area contributed by atoms with Gasteiger partial charge < -0.3 is 0 Å². The second-order valence-electron chi connectivity index (χ2n) is 6.92. The van der Waals surface area contributed by atoms with Crippen LogP contribution in [0.4, 0.5) is 0 Å². The summed E-state index contributed by atoms with van der Waals surface area (Å²) >= 11 is -0.826. The summed E-state index contributed by atoms with van der Waals surface area (Å²) < 4.78 is 0. The Morgan fingerprint density at radius 2 is 0.810 bits per heavy atom. The Hall–Kier alpha value is 1.46. The van der Waals surface area contributed by atoms with Crippen molar-refractivity contribution >= 4 is 17.0 Å². The van der Waals surface area contributed by atoms with E-state index in [1.165, 1.54) is 11.8 Å². The van der Waals surface area contributed by atoms with Crippen molar-refractivity contribution in [2.45, 2.75) is 41.5 Å². The molecule has 2 aliphatic rings. The number of halogens is 2.